The first kappa shape index (κ1) is 26.0. The third-order valence-electron chi connectivity index (χ3n) is 7.74. The summed E-state index contributed by atoms with van der Waals surface area (Å²) in [6.45, 7) is 9.10. The number of carbonyl (C=O) groups excluding carboxylic acids is 1. The number of amides is 1. The number of hydrogen-bond donors (Lipinski definition) is 1. The van der Waals surface area contributed by atoms with Crippen molar-refractivity contribution < 1.29 is 19.4 Å². The Bertz CT molecular complexity index is 1340. The highest BCUT2D eigenvalue weighted by atomic mass is 16.6. The van der Waals surface area contributed by atoms with Crippen LogP contribution in [0, 0.1) is 5.92 Å². The Hall–Kier alpha value is -3.62. The van der Waals surface area contributed by atoms with Crippen LogP contribution in [0.1, 0.15) is 75.5 Å². The minimum Gasteiger partial charge on any atom is -0.477 e. The van der Waals surface area contributed by atoms with Crippen molar-refractivity contribution in [1.82, 2.24) is 19.7 Å². The molecule has 1 aromatic carbocycles. The van der Waals surface area contributed by atoms with Crippen molar-refractivity contribution in [2.45, 2.75) is 70.9 Å². The molecule has 0 unspecified atom stereocenters. The molecular weight excluding hydrogens is 482 g/mol. The van der Waals surface area contributed by atoms with E-state index in [4.69, 9.17) is 9.84 Å². The summed E-state index contributed by atoms with van der Waals surface area (Å²) in [5.41, 5.74) is 2.74. The monoisotopic (exact) mass is 519 g/mol. The third kappa shape index (κ3) is 4.93. The van der Waals surface area contributed by atoms with Gasteiger partial charge in [-0.15, -0.1) is 0 Å². The molecule has 0 bridgehead atoms. The van der Waals surface area contributed by atoms with Crippen molar-refractivity contribution >= 4 is 28.8 Å². The second kappa shape index (κ2) is 9.93. The van der Waals surface area contributed by atoms with Gasteiger partial charge in [0, 0.05) is 32.1 Å². The van der Waals surface area contributed by atoms with E-state index in [2.05, 4.69) is 16.8 Å². The zero-order valence-corrected chi connectivity index (χ0v) is 22.8. The number of hydrogen-bond acceptors (Lipinski definition) is 6. The Labute approximate surface area is 223 Å². The number of aromatic nitrogens is 3. The van der Waals surface area contributed by atoms with Crippen LogP contribution in [-0.2, 0) is 4.74 Å². The lowest BCUT2D eigenvalue weighted by Gasteiger charge is -2.42. The van der Waals surface area contributed by atoms with Gasteiger partial charge in [0.1, 0.15) is 5.60 Å². The van der Waals surface area contributed by atoms with E-state index in [0.717, 1.165) is 41.7 Å². The maximum atomic E-state index is 12.8. The Morgan fingerprint density at radius 2 is 1.84 bits per heavy atom. The number of carbonyl (C=O) groups is 2. The number of piperidine rings is 1. The average Bonchev–Trinajstić information content (AvgIpc) is 3.20. The number of carboxylic acid groups (broad SMARTS) is 1. The normalized spacial score (nSPS) is 20.3. The van der Waals surface area contributed by atoms with E-state index < -0.39 is 11.6 Å². The molecule has 1 aliphatic carbocycles. The van der Waals surface area contributed by atoms with Gasteiger partial charge >= 0.3 is 12.1 Å². The standard InChI is InChI=1S/C29H37N5O4/c1-18-17-33(15-14-22(18)32(5)28(37)38-29(2,3)4)23-16-21(27(35)36)30-26-24(23)25(19-10-9-11-19)31-34(26)20-12-7-6-8-13-20/h6-8,12-13,16,18-19,22H,9-11,14-15,17H2,1-5H3,(H,35,36)/t18-,22+/m1/s1. The van der Waals surface area contributed by atoms with Crippen LogP contribution in [0.5, 0.6) is 0 Å². The maximum absolute atomic E-state index is 12.8. The highest BCUT2D eigenvalue weighted by molar-refractivity contribution is 5.98. The lowest BCUT2D eigenvalue weighted by atomic mass is 9.81. The molecule has 2 aromatic heterocycles. The molecule has 3 heterocycles. The van der Waals surface area contributed by atoms with Gasteiger partial charge in [0.05, 0.1) is 22.5 Å². The predicted molar refractivity (Wildman–Crippen MR) is 146 cm³/mol. The average molecular weight is 520 g/mol. The van der Waals surface area contributed by atoms with Crippen molar-refractivity contribution in [3.05, 3.63) is 47.8 Å². The molecule has 2 fully saturated rings. The summed E-state index contributed by atoms with van der Waals surface area (Å²) >= 11 is 0. The lowest BCUT2D eigenvalue weighted by Crippen LogP contribution is -2.51. The van der Waals surface area contributed by atoms with E-state index in [0.29, 0.717) is 24.7 Å². The largest absolute Gasteiger partial charge is 0.477 e. The van der Waals surface area contributed by atoms with Gasteiger partial charge in [-0.3, -0.25) is 0 Å². The van der Waals surface area contributed by atoms with Gasteiger partial charge in [-0.1, -0.05) is 31.5 Å². The summed E-state index contributed by atoms with van der Waals surface area (Å²) in [6.07, 6.45) is 3.73. The van der Waals surface area contributed by atoms with E-state index in [1.807, 2.05) is 51.1 Å². The van der Waals surface area contributed by atoms with Crippen LogP contribution in [0.2, 0.25) is 0 Å². The molecule has 0 spiro atoms. The first-order valence-electron chi connectivity index (χ1n) is 13.5. The topological polar surface area (TPSA) is 101 Å². The van der Waals surface area contributed by atoms with Crippen LogP contribution < -0.4 is 4.90 Å². The lowest BCUT2D eigenvalue weighted by molar-refractivity contribution is 0.0150. The molecule has 9 heteroatoms. The first-order chi connectivity index (χ1) is 18.0. The molecule has 3 aromatic rings. The van der Waals surface area contributed by atoms with Gasteiger partial charge in [-0.25, -0.2) is 19.3 Å². The summed E-state index contributed by atoms with van der Waals surface area (Å²) in [5, 5.41) is 15.9. The van der Waals surface area contributed by atoms with Crippen LogP contribution in [-0.4, -0.2) is 68.6 Å². The van der Waals surface area contributed by atoms with Gasteiger partial charge in [0.25, 0.3) is 0 Å². The molecule has 1 saturated heterocycles. The summed E-state index contributed by atoms with van der Waals surface area (Å²) in [6, 6.07) is 11.5. The van der Waals surface area contributed by atoms with Crippen LogP contribution in [0.4, 0.5) is 10.5 Å². The molecule has 9 nitrogen and oxygen atoms in total. The number of para-hydroxylation sites is 1. The van der Waals surface area contributed by atoms with E-state index >= 15 is 0 Å². The number of anilines is 1. The van der Waals surface area contributed by atoms with Gasteiger partial charge in [0.15, 0.2) is 11.3 Å². The zero-order valence-electron chi connectivity index (χ0n) is 22.8. The summed E-state index contributed by atoms with van der Waals surface area (Å²) < 4.78 is 7.40. The van der Waals surface area contributed by atoms with Gasteiger partial charge < -0.3 is 19.6 Å². The van der Waals surface area contributed by atoms with Crippen LogP contribution in [0.3, 0.4) is 0 Å². The minimum absolute atomic E-state index is 0.00499. The smallest absolute Gasteiger partial charge is 0.410 e. The molecule has 1 amide bonds. The van der Waals surface area contributed by atoms with Gasteiger partial charge in [0.2, 0.25) is 0 Å². The molecule has 2 aliphatic rings. The molecule has 38 heavy (non-hydrogen) atoms. The predicted octanol–water partition coefficient (Wildman–Crippen LogP) is 5.47. The zero-order chi connectivity index (χ0) is 27.2. The summed E-state index contributed by atoms with van der Waals surface area (Å²) in [4.78, 5) is 33.5. The number of ether oxygens (including phenoxy) is 1. The van der Waals surface area contributed by atoms with Crippen molar-refractivity contribution in [3.63, 3.8) is 0 Å². The van der Waals surface area contributed by atoms with Gasteiger partial charge in [-0.2, -0.15) is 5.10 Å². The van der Waals surface area contributed by atoms with E-state index in [1.54, 1.807) is 22.7 Å². The second-order valence-corrected chi connectivity index (χ2v) is 11.7. The van der Waals surface area contributed by atoms with Crippen LogP contribution in [0.15, 0.2) is 36.4 Å². The molecule has 1 saturated carbocycles. The summed E-state index contributed by atoms with van der Waals surface area (Å²) in [7, 11) is 1.80. The van der Waals surface area contributed by atoms with Crippen LogP contribution in [0.25, 0.3) is 16.7 Å². The molecular formula is C29H37N5O4. The SMILES string of the molecule is C[C@@H]1CN(c2cc(C(=O)O)nc3c2c(C2CCC2)nn3-c2ccccc2)CC[C@@H]1N(C)C(=O)OC(C)(C)C. The number of nitrogens with zero attached hydrogens (tertiary/aromatic N) is 5. The molecule has 202 valence electrons. The van der Waals surface area contributed by atoms with Crippen molar-refractivity contribution in [3.8, 4) is 5.69 Å². The van der Waals surface area contributed by atoms with Crippen molar-refractivity contribution in [2.75, 3.05) is 25.0 Å². The van der Waals surface area contributed by atoms with Crippen molar-refractivity contribution in [2.24, 2.45) is 5.92 Å². The fourth-order valence-electron chi connectivity index (χ4n) is 5.59. The Morgan fingerprint density at radius 1 is 1.13 bits per heavy atom. The van der Waals surface area contributed by atoms with E-state index in [9.17, 15) is 14.7 Å². The first-order valence-corrected chi connectivity index (χ1v) is 13.5. The molecule has 1 aliphatic heterocycles. The van der Waals surface area contributed by atoms with E-state index in [-0.39, 0.29) is 23.7 Å². The highest BCUT2D eigenvalue weighted by Crippen LogP contribution is 2.43. The molecule has 0 radical (unpaired) electrons. The molecule has 2 atom stereocenters. The number of aromatic carboxylic acids is 1. The molecule has 5 rings (SSSR count). The minimum atomic E-state index is -1.06. The van der Waals surface area contributed by atoms with Crippen molar-refractivity contribution in [1.29, 1.82) is 0 Å². The quantitative estimate of drug-likeness (QED) is 0.477. The second-order valence-electron chi connectivity index (χ2n) is 11.7. The number of pyridine rings is 1. The maximum Gasteiger partial charge on any atom is 0.410 e. The Kier molecular flexibility index (Phi) is 6.79. The highest BCUT2D eigenvalue weighted by Gasteiger charge is 2.36. The molecule has 1 N–H and O–H groups in total. The summed E-state index contributed by atoms with van der Waals surface area (Å²) in [5.74, 6) is -0.576. The number of benzene rings is 1. The third-order valence-corrected chi connectivity index (χ3v) is 7.74. The fourth-order valence-corrected chi connectivity index (χ4v) is 5.59. The number of rotatable bonds is 5. The number of carboxylic acids is 1. The number of fused-ring (bicyclic) bond motifs is 1. The van der Waals surface area contributed by atoms with E-state index in [1.165, 1.54) is 6.42 Å². The Morgan fingerprint density at radius 3 is 2.42 bits per heavy atom. The van der Waals surface area contributed by atoms with Gasteiger partial charge in [-0.05, 0) is 64.2 Å². The Balaban J connectivity index is 1.54. The van der Waals surface area contributed by atoms with Crippen LogP contribution >= 0.6 is 0 Å². The fraction of sp³-hybridized carbons (Fsp3) is 0.517.